The third kappa shape index (κ3) is 3.51. The molecular weight excluding hydrogens is 364 g/mol. The van der Waals surface area contributed by atoms with Gasteiger partial charge in [-0.2, -0.15) is 5.10 Å². The first kappa shape index (κ1) is 18.9. The molecule has 7 heteroatoms. The van der Waals surface area contributed by atoms with Crippen LogP contribution >= 0.6 is 0 Å². The van der Waals surface area contributed by atoms with E-state index in [1.165, 1.54) is 0 Å². The average Bonchev–Trinajstić information content (AvgIpc) is 3.18. The Morgan fingerprint density at radius 1 is 1.07 bits per heavy atom. The molecule has 0 spiro atoms. The van der Waals surface area contributed by atoms with Crippen LogP contribution in [-0.4, -0.2) is 35.1 Å². The minimum Gasteiger partial charge on any atom is -0.330 e. The Morgan fingerprint density at radius 3 is 2.52 bits per heavy atom. The summed E-state index contributed by atoms with van der Waals surface area (Å²) >= 11 is 0. The molecule has 4 rings (SSSR count). The van der Waals surface area contributed by atoms with Crippen molar-refractivity contribution in [3.63, 3.8) is 0 Å². The first-order chi connectivity index (χ1) is 14.0. The summed E-state index contributed by atoms with van der Waals surface area (Å²) in [7, 11) is 3.91. The second-order valence-corrected chi connectivity index (χ2v) is 7.25. The number of fused-ring (bicyclic) bond motifs is 1. The molecule has 0 atom stereocenters. The van der Waals surface area contributed by atoms with Crippen LogP contribution in [0.25, 0.3) is 11.0 Å². The molecule has 0 aliphatic carbocycles. The molecule has 3 heterocycles. The van der Waals surface area contributed by atoms with Gasteiger partial charge in [0.05, 0.1) is 35.4 Å². The van der Waals surface area contributed by atoms with Gasteiger partial charge in [0.1, 0.15) is 5.82 Å². The molecule has 1 aromatic carbocycles. The first-order valence-electron chi connectivity index (χ1n) is 9.54. The van der Waals surface area contributed by atoms with Gasteiger partial charge in [0.2, 0.25) is 0 Å². The molecule has 4 aromatic rings. The van der Waals surface area contributed by atoms with Crippen molar-refractivity contribution in [3.8, 4) is 0 Å². The van der Waals surface area contributed by atoms with Gasteiger partial charge in [-0.25, -0.2) is 4.98 Å². The van der Waals surface area contributed by atoms with E-state index in [-0.39, 0.29) is 5.91 Å². The van der Waals surface area contributed by atoms with Crippen LogP contribution in [0, 0.1) is 13.8 Å². The number of rotatable bonds is 5. The van der Waals surface area contributed by atoms with Crippen LogP contribution in [0.5, 0.6) is 0 Å². The molecule has 29 heavy (non-hydrogen) atoms. The van der Waals surface area contributed by atoms with Gasteiger partial charge >= 0.3 is 0 Å². The van der Waals surface area contributed by atoms with Crippen LogP contribution in [0.1, 0.15) is 33.1 Å². The Labute approximate surface area is 169 Å². The number of benzene rings is 1. The molecule has 148 valence electrons. The Balaban J connectivity index is 1.73. The predicted molar refractivity (Wildman–Crippen MR) is 111 cm³/mol. The monoisotopic (exact) mass is 388 g/mol. The van der Waals surface area contributed by atoms with Crippen molar-refractivity contribution in [3.05, 3.63) is 77.1 Å². The Bertz CT molecular complexity index is 1170. The van der Waals surface area contributed by atoms with Crippen LogP contribution in [0.3, 0.4) is 0 Å². The summed E-state index contributed by atoms with van der Waals surface area (Å²) in [6.07, 6.45) is 3.27. The lowest BCUT2D eigenvalue weighted by atomic mass is 10.1. The zero-order chi connectivity index (χ0) is 20.5. The first-order valence-corrected chi connectivity index (χ1v) is 9.54. The molecule has 0 N–H and O–H groups in total. The number of pyridine rings is 1. The van der Waals surface area contributed by atoms with Gasteiger partial charge in [0.15, 0.2) is 0 Å². The number of para-hydroxylation sites is 2. The van der Waals surface area contributed by atoms with E-state index in [0.717, 1.165) is 33.8 Å². The highest BCUT2D eigenvalue weighted by Gasteiger charge is 2.22. The summed E-state index contributed by atoms with van der Waals surface area (Å²) < 4.78 is 3.90. The van der Waals surface area contributed by atoms with Crippen LogP contribution in [0.4, 0.5) is 0 Å². The lowest BCUT2D eigenvalue weighted by Gasteiger charge is -2.23. The summed E-state index contributed by atoms with van der Waals surface area (Å²) in [5.41, 5.74) is 5.57. The van der Waals surface area contributed by atoms with Crippen LogP contribution < -0.4 is 0 Å². The molecule has 3 aromatic heterocycles. The minimum absolute atomic E-state index is 0.0761. The van der Waals surface area contributed by atoms with Crippen LogP contribution in [0.15, 0.2) is 48.8 Å². The number of carbonyl (C=O) groups excluding carboxylic acids is 1. The quantitative estimate of drug-likeness (QED) is 0.527. The highest BCUT2D eigenvalue weighted by Crippen LogP contribution is 2.20. The molecule has 0 fully saturated rings. The molecule has 1 amide bonds. The molecule has 7 nitrogen and oxygen atoms in total. The van der Waals surface area contributed by atoms with Crippen LogP contribution in [-0.2, 0) is 27.2 Å². The van der Waals surface area contributed by atoms with Crippen molar-refractivity contribution < 1.29 is 4.79 Å². The van der Waals surface area contributed by atoms with Crippen molar-refractivity contribution in [1.82, 2.24) is 29.2 Å². The van der Waals surface area contributed by atoms with Gasteiger partial charge in [0.25, 0.3) is 5.91 Å². The Kier molecular flexibility index (Phi) is 4.88. The van der Waals surface area contributed by atoms with Gasteiger partial charge in [-0.3, -0.25) is 14.5 Å². The molecule has 0 radical (unpaired) electrons. The SMILES string of the molecule is Cc1nn(C)c(C)c1CN(Cc1nc2ccccc2n1C)C(=O)c1cccnc1. The van der Waals surface area contributed by atoms with E-state index in [9.17, 15) is 4.79 Å². The Morgan fingerprint density at radius 2 is 1.86 bits per heavy atom. The summed E-state index contributed by atoms with van der Waals surface area (Å²) in [5.74, 6) is 0.760. The molecule has 0 aliphatic rings. The summed E-state index contributed by atoms with van der Waals surface area (Å²) in [4.78, 5) is 24.0. The van der Waals surface area contributed by atoms with E-state index in [1.807, 2.05) is 66.4 Å². The van der Waals surface area contributed by atoms with Crippen molar-refractivity contribution in [1.29, 1.82) is 0 Å². The number of aryl methyl sites for hydroxylation is 3. The number of carbonyl (C=O) groups is 1. The van der Waals surface area contributed by atoms with E-state index in [0.29, 0.717) is 18.7 Å². The standard InChI is InChI=1S/C22H24N6O/c1-15-18(16(2)27(4)25-15)13-28(22(29)17-8-7-11-23-12-17)14-21-24-19-9-5-6-10-20(19)26(21)3/h5-12H,13-14H2,1-4H3. The van der Waals surface area contributed by atoms with Gasteiger partial charge in [-0.15, -0.1) is 0 Å². The normalized spacial score (nSPS) is 11.2. The fourth-order valence-electron chi connectivity index (χ4n) is 3.62. The minimum atomic E-state index is -0.0761. The van der Waals surface area contributed by atoms with Gasteiger partial charge in [-0.1, -0.05) is 12.1 Å². The van der Waals surface area contributed by atoms with Crippen molar-refractivity contribution in [2.75, 3.05) is 0 Å². The molecule has 0 saturated carbocycles. The lowest BCUT2D eigenvalue weighted by molar-refractivity contribution is 0.0723. The molecule has 0 saturated heterocycles. The summed E-state index contributed by atoms with van der Waals surface area (Å²) in [6.45, 7) is 4.86. The van der Waals surface area contributed by atoms with Crippen molar-refractivity contribution in [2.24, 2.45) is 14.1 Å². The van der Waals surface area contributed by atoms with Gasteiger partial charge in [0, 0.05) is 37.7 Å². The molecular formula is C22H24N6O. The number of nitrogens with zero attached hydrogens (tertiary/aromatic N) is 6. The van der Waals surface area contributed by atoms with E-state index in [4.69, 9.17) is 4.98 Å². The number of imidazole rings is 1. The number of amides is 1. The van der Waals surface area contributed by atoms with Crippen molar-refractivity contribution in [2.45, 2.75) is 26.9 Å². The second kappa shape index (κ2) is 7.50. The maximum absolute atomic E-state index is 13.3. The fourth-order valence-corrected chi connectivity index (χ4v) is 3.62. The molecule has 0 bridgehead atoms. The number of hydrogen-bond acceptors (Lipinski definition) is 4. The maximum Gasteiger partial charge on any atom is 0.256 e. The number of hydrogen-bond donors (Lipinski definition) is 0. The smallest absolute Gasteiger partial charge is 0.256 e. The van der Waals surface area contributed by atoms with Crippen LogP contribution in [0.2, 0.25) is 0 Å². The third-order valence-corrected chi connectivity index (χ3v) is 5.42. The van der Waals surface area contributed by atoms with Crippen molar-refractivity contribution >= 4 is 16.9 Å². The Hall–Kier alpha value is -3.48. The molecule has 0 aliphatic heterocycles. The summed E-state index contributed by atoms with van der Waals surface area (Å²) in [5, 5.41) is 4.50. The molecule has 0 unspecified atom stereocenters. The lowest BCUT2D eigenvalue weighted by Crippen LogP contribution is -2.31. The predicted octanol–water partition coefficient (Wildman–Crippen LogP) is 3.16. The number of aromatic nitrogens is 5. The van der Waals surface area contributed by atoms with Gasteiger partial charge in [-0.05, 0) is 38.1 Å². The van der Waals surface area contributed by atoms with E-state index in [1.54, 1.807) is 24.5 Å². The van der Waals surface area contributed by atoms with Gasteiger partial charge < -0.3 is 9.47 Å². The largest absolute Gasteiger partial charge is 0.330 e. The highest BCUT2D eigenvalue weighted by molar-refractivity contribution is 5.93. The van der Waals surface area contributed by atoms with E-state index in [2.05, 4.69) is 10.1 Å². The fraction of sp³-hybridized carbons (Fsp3) is 0.273. The third-order valence-electron chi connectivity index (χ3n) is 5.42. The van der Waals surface area contributed by atoms with E-state index < -0.39 is 0 Å². The highest BCUT2D eigenvalue weighted by atomic mass is 16.2. The zero-order valence-electron chi connectivity index (χ0n) is 17.1. The summed E-state index contributed by atoms with van der Waals surface area (Å²) in [6, 6.07) is 11.6. The topological polar surface area (TPSA) is 68.8 Å². The maximum atomic E-state index is 13.3. The second-order valence-electron chi connectivity index (χ2n) is 7.25. The van der Waals surface area contributed by atoms with E-state index >= 15 is 0 Å². The zero-order valence-corrected chi connectivity index (χ0v) is 17.1. The average molecular weight is 388 g/mol.